The van der Waals surface area contributed by atoms with Crippen LogP contribution in [0.4, 0.5) is 0 Å². The summed E-state index contributed by atoms with van der Waals surface area (Å²) in [5.41, 5.74) is 2.63. The van der Waals surface area contributed by atoms with Crippen LogP contribution < -0.4 is 14.8 Å². The van der Waals surface area contributed by atoms with Crippen molar-refractivity contribution in [2.45, 2.75) is 52.0 Å². The van der Waals surface area contributed by atoms with Crippen molar-refractivity contribution in [3.63, 3.8) is 0 Å². The van der Waals surface area contributed by atoms with E-state index in [4.69, 9.17) is 9.47 Å². The van der Waals surface area contributed by atoms with Gasteiger partial charge in [-0.15, -0.1) is 0 Å². The van der Waals surface area contributed by atoms with Crippen LogP contribution in [0.1, 0.15) is 50.2 Å². The second-order valence-corrected chi connectivity index (χ2v) is 8.19. The molecule has 2 atom stereocenters. The zero-order valence-electron chi connectivity index (χ0n) is 17.1. The molecule has 1 N–H and O–H groups in total. The number of amides is 1. The van der Waals surface area contributed by atoms with E-state index in [1.54, 1.807) is 14.2 Å². The lowest BCUT2D eigenvalue weighted by atomic mass is 9.81. The van der Waals surface area contributed by atoms with Crippen molar-refractivity contribution in [1.82, 2.24) is 10.2 Å². The Hall–Kier alpha value is -1.75. The van der Waals surface area contributed by atoms with Crippen LogP contribution in [0.2, 0.25) is 0 Å². The molecule has 0 radical (unpaired) electrons. The Labute approximate surface area is 163 Å². The zero-order valence-corrected chi connectivity index (χ0v) is 17.1. The highest BCUT2D eigenvalue weighted by Crippen LogP contribution is 2.33. The van der Waals surface area contributed by atoms with Gasteiger partial charge < -0.3 is 14.8 Å². The first kappa shape index (κ1) is 20.0. The van der Waals surface area contributed by atoms with Crippen molar-refractivity contribution in [2.24, 2.45) is 11.8 Å². The predicted octanol–water partition coefficient (Wildman–Crippen LogP) is 3.39. The summed E-state index contributed by atoms with van der Waals surface area (Å²) in [5, 5.41) is 3.13. The number of nitrogens with zero attached hydrogens (tertiary/aromatic N) is 1. The average molecular weight is 375 g/mol. The molecule has 1 aliphatic carbocycles. The highest BCUT2D eigenvalue weighted by atomic mass is 16.5. The Kier molecular flexibility index (Phi) is 7.00. The average Bonchev–Trinajstić information content (AvgIpc) is 2.66. The molecule has 0 spiro atoms. The summed E-state index contributed by atoms with van der Waals surface area (Å²) in [5.74, 6) is 3.17. The Balaban J connectivity index is 1.44. The maximum atomic E-state index is 12.3. The Morgan fingerprint density at radius 1 is 1.19 bits per heavy atom. The number of hydrogen-bond acceptors (Lipinski definition) is 4. The summed E-state index contributed by atoms with van der Waals surface area (Å²) in [6.45, 7) is 5.83. The number of carbonyl (C=O) groups is 1. The lowest BCUT2D eigenvalue weighted by Crippen LogP contribution is -2.38. The minimum Gasteiger partial charge on any atom is -0.493 e. The zero-order chi connectivity index (χ0) is 19.2. The number of fused-ring (bicyclic) bond motifs is 1. The minimum atomic E-state index is 0.220. The molecule has 0 bridgehead atoms. The van der Waals surface area contributed by atoms with Crippen LogP contribution in [-0.2, 0) is 17.8 Å². The van der Waals surface area contributed by atoms with Gasteiger partial charge in [-0.1, -0.05) is 19.8 Å². The quantitative estimate of drug-likeness (QED) is 0.795. The number of hydrogen-bond donors (Lipinski definition) is 1. The van der Waals surface area contributed by atoms with E-state index in [0.717, 1.165) is 50.0 Å². The number of rotatable bonds is 7. The molecular weight excluding hydrogens is 340 g/mol. The van der Waals surface area contributed by atoms with Crippen LogP contribution >= 0.6 is 0 Å². The van der Waals surface area contributed by atoms with Crippen LogP contribution in [0.25, 0.3) is 0 Å². The molecule has 150 valence electrons. The molecule has 3 rings (SSSR count). The first-order chi connectivity index (χ1) is 13.1. The molecule has 2 aliphatic rings. The van der Waals surface area contributed by atoms with Gasteiger partial charge in [-0.3, -0.25) is 9.69 Å². The fraction of sp³-hybridized carbons (Fsp3) is 0.682. The maximum absolute atomic E-state index is 12.3. The number of methoxy groups -OCH3 is 2. The lowest BCUT2D eigenvalue weighted by molar-refractivity contribution is -0.122. The number of carbonyl (C=O) groups excluding carboxylic acids is 1. The molecule has 5 nitrogen and oxygen atoms in total. The van der Waals surface area contributed by atoms with Crippen molar-refractivity contribution < 1.29 is 14.3 Å². The summed E-state index contributed by atoms with van der Waals surface area (Å²) in [7, 11) is 3.35. The van der Waals surface area contributed by atoms with Crippen molar-refractivity contribution >= 4 is 5.91 Å². The minimum absolute atomic E-state index is 0.220. The lowest BCUT2D eigenvalue weighted by Gasteiger charge is -2.30. The highest BCUT2D eigenvalue weighted by Gasteiger charge is 2.22. The third-order valence-corrected chi connectivity index (χ3v) is 6.07. The predicted molar refractivity (Wildman–Crippen MR) is 107 cm³/mol. The Morgan fingerprint density at radius 2 is 1.93 bits per heavy atom. The van der Waals surface area contributed by atoms with Crippen LogP contribution in [-0.4, -0.2) is 44.7 Å². The van der Waals surface area contributed by atoms with Gasteiger partial charge in [0.25, 0.3) is 0 Å². The second-order valence-electron chi connectivity index (χ2n) is 8.19. The summed E-state index contributed by atoms with van der Waals surface area (Å²) in [6, 6.07) is 4.18. The summed E-state index contributed by atoms with van der Waals surface area (Å²) in [4.78, 5) is 14.7. The van der Waals surface area contributed by atoms with Gasteiger partial charge in [0.2, 0.25) is 5.91 Å². The smallest absolute Gasteiger partial charge is 0.220 e. The van der Waals surface area contributed by atoms with Gasteiger partial charge in [-0.25, -0.2) is 0 Å². The monoisotopic (exact) mass is 374 g/mol. The van der Waals surface area contributed by atoms with Gasteiger partial charge in [0.15, 0.2) is 11.5 Å². The third kappa shape index (κ3) is 5.38. The topological polar surface area (TPSA) is 50.8 Å². The van der Waals surface area contributed by atoms with Gasteiger partial charge in [0.05, 0.1) is 14.2 Å². The second kappa shape index (κ2) is 9.45. The van der Waals surface area contributed by atoms with E-state index in [0.29, 0.717) is 12.3 Å². The summed E-state index contributed by atoms with van der Waals surface area (Å²) in [6.07, 6.45) is 6.73. The van der Waals surface area contributed by atoms with E-state index in [2.05, 4.69) is 29.3 Å². The molecular formula is C22H34N2O3. The summed E-state index contributed by atoms with van der Waals surface area (Å²) < 4.78 is 10.8. The molecule has 1 amide bonds. The maximum Gasteiger partial charge on any atom is 0.220 e. The van der Waals surface area contributed by atoms with Crippen LogP contribution in [0.3, 0.4) is 0 Å². The van der Waals surface area contributed by atoms with Gasteiger partial charge in [-0.05, 0) is 54.4 Å². The molecule has 1 aromatic rings. The molecule has 0 saturated heterocycles. The van der Waals surface area contributed by atoms with Crippen LogP contribution in [0.15, 0.2) is 12.1 Å². The van der Waals surface area contributed by atoms with Crippen molar-refractivity contribution in [3.05, 3.63) is 23.3 Å². The van der Waals surface area contributed by atoms with Crippen molar-refractivity contribution in [3.8, 4) is 11.5 Å². The molecule has 5 heteroatoms. The first-order valence-corrected chi connectivity index (χ1v) is 10.3. The van der Waals surface area contributed by atoms with Gasteiger partial charge in [-0.2, -0.15) is 0 Å². The van der Waals surface area contributed by atoms with Crippen LogP contribution in [0, 0.1) is 11.8 Å². The van der Waals surface area contributed by atoms with E-state index < -0.39 is 0 Å². The fourth-order valence-corrected chi connectivity index (χ4v) is 4.57. The molecule has 1 fully saturated rings. The summed E-state index contributed by atoms with van der Waals surface area (Å²) >= 11 is 0. The van der Waals surface area contributed by atoms with E-state index >= 15 is 0 Å². The standard InChI is InChI=1S/C22H34N2O3/c1-16-5-4-6-17(11-16)12-22(25)23-8-10-24-9-7-18-13-20(26-2)21(27-3)14-19(18)15-24/h13-14,16-17H,4-12,15H2,1-3H3,(H,23,25). The van der Waals surface area contributed by atoms with E-state index in [-0.39, 0.29) is 5.91 Å². The molecule has 0 aromatic heterocycles. The van der Waals surface area contributed by atoms with E-state index in [9.17, 15) is 4.79 Å². The molecule has 2 unspecified atom stereocenters. The number of benzene rings is 1. The van der Waals surface area contributed by atoms with Crippen LogP contribution in [0.5, 0.6) is 11.5 Å². The van der Waals surface area contributed by atoms with Gasteiger partial charge >= 0.3 is 0 Å². The highest BCUT2D eigenvalue weighted by molar-refractivity contribution is 5.76. The van der Waals surface area contributed by atoms with Gasteiger partial charge in [0.1, 0.15) is 0 Å². The van der Waals surface area contributed by atoms with Crippen molar-refractivity contribution in [2.75, 3.05) is 33.9 Å². The largest absolute Gasteiger partial charge is 0.493 e. The Bertz CT molecular complexity index is 647. The first-order valence-electron chi connectivity index (χ1n) is 10.3. The molecule has 27 heavy (non-hydrogen) atoms. The third-order valence-electron chi connectivity index (χ3n) is 6.07. The SMILES string of the molecule is COc1cc2c(cc1OC)CN(CCNC(=O)CC1CCCC(C)C1)CC2. The van der Waals surface area contributed by atoms with E-state index in [1.807, 2.05) is 0 Å². The normalized spacial score (nSPS) is 22.8. The fourth-order valence-electron chi connectivity index (χ4n) is 4.57. The van der Waals surface area contributed by atoms with Crippen molar-refractivity contribution in [1.29, 1.82) is 0 Å². The molecule has 1 aliphatic heterocycles. The van der Waals surface area contributed by atoms with Gasteiger partial charge in [0, 0.05) is 32.6 Å². The molecule has 1 saturated carbocycles. The molecule has 1 aromatic carbocycles. The van der Waals surface area contributed by atoms with E-state index in [1.165, 1.54) is 36.8 Å². The Morgan fingerprint density at radius 3 is 2.63 bits per heavy atom. The molecule has 1 heterocycles. The number of nitrogens with one attached hydrogen (secondary N) is 1. The number of ether oxygens (including phenoxy) is 2.